The summed E-state index contributed by atoms with van der Waals surface area (Å²) < 4.78 is 0. The number of rotatable bonds is 3. The molecule has 0 spiro atoms. The number of hydrogen-bond donors (Lipinski definition) is 1. The molecular weight excluding hydrogens is 208 g/mol. The Morgan fingerprint density at radius 2 is 1.94 bits per heavy atom. The first-order chi connectivity index (χ1) is 8.11. The Morgan fingerprint density at radius 3 is 2.59 bits per heavy atom. The summed E-state index contributed by atoms with van der Waals surface area (Å²) in [6.45, 7) is 11.3. The third-order valence-corrected chi connectivity index (χ3v) is 3.54. The third kappa shape index (κ3) is 3.30. The normalized spacial score (nSPS) is 20.4. The van der Waals surface area contributed by atoms with E-state index in [0.717, 1.165) is 32.6 Å². The van der Waals surface area contributed by atoms with E-state index in [9.17, 15) is 0 Å². The molecule has 2 nitrogen and oxygen atoms in total. The monoisotopic (exact) mass is 232 g/mol. The number of benzene rings is 1. The van der Waals surface area contributed by atoms with Gasteiger partial charge in [0.1, 0.15) is 0 Å². The van der Waals surface area contributed by atoms with Gasteiger partial charge >= 0.3 is 0 Å². The molecule has 1 saturated heterocycles. The van der Waals surface area contributed by atoms with Crippen molar-refractivity contribution in [2.45, 2.75) is 39.3 Å². The van der Waals surface area contributed by atoms with Gasteiger partial charge < -0.3 is 5.32 Å². The van der Waals surface area contributed by atoms with E-state index in [0.29, 0.717) is 0 Å². The van der Waals surface area contributed by atoms with Crippen LogP contribution in [0.4, 0.5) is 0 Å². The van der Waals surface area contributed by atoms with Crippen molar-refractivity contribution in [3.8, 4) is 0 Å². The summed E-state index contributed by atoms with van der Waals surface area (Å²) in [5.41, 5.74) is 3.23. The summed E-state index contributed by atoms with van der Waals surface area (Å²) in [6.07, 6.45) is 1.13. The van der Waals surface area contributed by atoms with Crippen LogP contribution in [-0.2, 0) is 13.0 Å². The fraction of sp³-hybridized carbons (Fsp3) is 0.600. The molecule has 1 heterocycles. The maximum absolute atomic E-state index is 3.56. The van der Waals surface area contributed by atoms with Crippen LogP contribution >= 0.6 is 0 Å². The number of aryl methyl sites for hydroxylation is 1. The van der Waals surface area contributed by atoms with Gasteiger partial charge in [0, 0.05) is 31.7 Å². The first-order valence-electron chi connectivity index (χ1n) is 6.65. The Hall–Kier alpha value is -0.860. The lowest BCUT2D eigenvalue weighted by Gasteiger charge is -2.39. The molecule has 1 aliphatic rings. The van der Waals surface area contributed by atoms with Crippen molar-refractivity contribution in [3.63, 3.8) is 0 Å². The Balaban J connectivity index is 2.05. The summed E-state index contributed by atoms with van der Waals surface area (Å²) in [5, 5.41) is 3.56. The van der Waals surface area contributed by atoms with Gasteiger partial charge in [0.2, 0.25) is 0 Å². The largest absolute Gasteiger partial charge is 0.309 e. The lowest BCUT2D eigenvalue weighted by Crippen LogP contribution is -2.56. The topological polar surface area (TPSA) is 15.3 Å². The minimum Gasteiger partial charge on any atom is -0.309 e. The molecule has 0 amide bonds. The van der Waals surface area contributed by atoms with Crippen molar-refractivity contribution < 1.29 is 0 Å². The second-order valence-electron chi connectivity index (χ2n) is 5.64. The molecule has 2 heteroatoms. The van der Waals surface area contributed by atoms with Crippen LogP contribution in [-0.4, -0.2) is 30.1 Å². The van der Waals surface area contributed by atoms with E-state index < -0.39 is 0 Å². The SMILES string of the molecule is CCc1ccccc1CN1CCNC(C)(C)C1. The van der Waals surface area contributed by atoms with Crippen LogP contribution in [0.25, 0.3) is 0 Å². The van der Waals surface area contributed by atoms with E-state index in [1.54, 1.807) is 0 Å². The van der Waals surface area contributed by atoms with Gasteiger partial charge in [-0.25, -0.2) is 0 Å². The second-order valence-corrected chi connectivity index (χ2v) is 5.64. The minimum absolute atomic E-state index is 0.249. The molecule has 0 aromatic heterocycles. The Labute approximate surface area is 105 Å². The molecule has 0 saturated carbocycles. The van der Waals surface area contributed by atoms with Gasteiger partial charge in [-0.15, -0.1) is 0 Å². The van der Waals surface area contributed by atoms with Crippen LogP contribution in [0.2, 0.25) is 0 Å². The van der Waals surface area contributed by atoms with Crippen molar-refractivity contribution in [1.82, 2.24) is 10.2 Å². The zero-order valence-electron chi connectivity index (χ0n) is 11.3. The molecule has 1 fully saturated rings. The summed E-state index contributed by atoms with van der Waals surface area (Å²) in [7, 11) is 0. The number of piperazine rings is 1. The number of nitrogens with zero attached hydrogens (tertiary/aromatic N) is 1. The fourth-order valence-corrected chi connectivity index (χ4v) is 2.68. The first kappa shape index (κ1) is 12.6. The van der Waals surface area contributed by atoms with Crippen molar-refractivity contribution in [2.24, 2.45) is 0 Å². The maximum atomic E-state index is 3.56. The summed E-state index contributed by atoms with van der Waals surface area (Å²) in [4.78, 5) is 2.56. The van der Waals surface area contributed by atoms with Gasteiger partial charge in [-0.3, -0.25) is 4.90 Å². The fourth-order valence-electron chi connectivity index (χ4n) is 2.68. The molecule has 94 valence electrons. The molecule has 0 aliphatic carbocycles. The molecule has 0 bridgehead atoms. The van der Waals surface area contributed by atoms with Crippen LogP contribution in [0.1, 0.15) is 31.9 Å². The zero-order valence-corrected chi connectivity index (χ0v) is 11.3. The van der Waals surface area contributed by atoms with Crippen LogP contribution < -0.4 is 5.32 Å². The van der Waals surface area contributed by atoms with E-state index in [-0.39, 0.29) is 5.54 Å². The predicted octanol–water partition coefficient (Wildman–Crippen LogP) is 2.43. The minimum atomic E-state index is 0.249. The highest BCUT2D eigenvalue weighted by atomic mass is 15.2. The van der Waals surface area contributed by atoms with Crippen LogP contribution in [0.5, 0.6) is 0 Å². The average Bonchev–Trinajstić information content (AvgIpc) is 2.28. The molecule has 1 N–H and O–H groups in total. The lowest BCUT2D eigenvalue weighted by molar-refractivity contribution is 0.148. The van der Waals surface area contributed by atoms with Crippen molar-refractivity contribution in [2.75, 3.05) is 19.6 Å². The zero-order chi connectivity index (χ0) is 12.3. The lowest BCUT2D eigenvalue weighted by atomic mass is 10.00. The van der Waals surface area contributed by atoms with Crippen LogP contribution in [0.3, 0.4) is 0 Å². The second kappa shape index (κ2) is 5.19. The molecule has 2 rings (SSSR count). The molecule has 0 radical (unpaired) electrons. The Morgan fingerprint density at radius 1 is 1.24 bits per heavy atom. The Bertz CT molecular complexity index is 371. The van der Waals surface area contributed by atoms with Crippen LogP contribution in [0, 0.1) is 0 Å². The molecular formula is C15H24N2. The van der Waals surface area contributed by atoms with Gasteiger partial charge in [0.05, 0.1) is 0 Å². The first-order valence-corrected chi connectivity index (χ1v) is 6.65. The number of nitrogens with one attached hydrogen (secondary N) is 1. The van der Waals surface area contributed by atoms with E-state index in [4.69, 9.17) is 0 Å². The van der Waals surface area contributed by atoms with Gasteiger partial charge in [0.15, 0.2) is 0 Å². The highest BCUT2D eigenvalue weighted by Gasteiger charge is 2.25. The standard InChI is InChI=1S/C15H24N2/c1-4-13-7-5-6-8-14(13)11-17-10-9-16-15(2,3)12-17/h5-8,16H,4,9-12H2,1-3H3. The average molecular weight is 232 g/mol. The van der Waals surface area contributed by atoms with Crippen molar-refractivity contribution in [1.29, 1.82) is 0 Å². The maximum Gasteiger partial charge on any atom is 0.0252 e. The quantitative estimate of drug-likeness (QED) is 0.861. The molecule has 0 unspecified atom stereocenters. The number of hydrogen-bond acceptors (Lipinski definition) is 2. The highest BCUT2D eigenvalue weighted by molar-refractivity contribution is 5.27. The smallest absolute Gasteiger partial charge is 0.0252 e. The summed E-state index contributed by atoms with van der Waals surface area (Å²) in [5.74, 6) is 0. The van der Waals surface area contributed by atoms with E-state index in [1.165, 1.54) is 11.1 Å². The summed E-state index contributed by atoms with van der Waals surface area (Å²) in [6, 6.07) is 8.82. The van der Waals surface area contributed by atoms with Gasteiger partial charge in [-0.1, -0.05) is 31.2 Å². The van der Waals surface area contributed by atoms with E-state index >= 15 is 0 Å². The van der Waals surface area contributed by atoms with E-state index in [1.807, 2.05) is 0 Å². The predicted molar refractivity (Wildman–Crippen MR) is 73.2 cm³/mol. The molecule has 1 aromatic carbocycles. The van der Waals surface area contributed by atoms with Gasteiger partial charge in [0.25, 0.3) is 0 Å². The molecule has 1 aromatic rings. The molecule has 17 heavy (non-hydrogen) atoms. The summed E-state index contributed by atoms with van der Waals surface area (Å²) >= 11 is 0. The van der Waals surface area contributed by atoms with Crippen LogP contribution in [0.15, 0.2) is 24.3 Å². The molecule has 1 aliphatic heterocycles. The highest BCUT2D eigenvalue weighted by Crippen LogP contribution is 2.16. The Kier molecular flexibility index (Phi) is 3.85. The van der Waals surface area contributed by atoms with Crippen molar-refractivity contribution >= 4 is 0 Å². The van der Waals surface area contributed by atoms with Gasteiger partial charge in [-0.2, -0.15) is 0 Å². The molecule has 0 atom stereocenters. The van der Waals surface area contributed by atoms with Crippen molar-refractivity contribution in [3.05, 3.63) is 35.4 Å². The third-order valence-electron chi connectivity index (χ3n) is 3.54. The van der Waals surface area contributed by atoms with E-state index in [2.05, 4.69) is 55.3 Å². The van der Waals surface area contributed by atoms with Gasteiger partial charge in [-0.05, 0) is 31.4 Å².